The van der Waals surface area contributed by atoms with E-state index in [0.29, 0.717) is 5.25 Å². The molecule has 0 bridgehead atoms. The van der Waals surface area contributed by atoms with E-state index in [1.807, 2.05) is 23.9 Å². The van der Waals surface area contributed by atoms with Crippen molar-refractivity contribution in [2.24, 2.45) is 0 Å². The van der Waals surface area contributed by atoms with E-state index in [0.717, 1.165) is 18.8 Å². The van der Waals surface area contributed by atoms with E-state index in [-0.39, 0.29) is 0 Å². The van der Waals surface area contributed by atoms with Gasteiger partial charge < -0.3 is 10.1 Å². The molecule has 1 aliphatic rings. The smallest absolute Gasteiger partial charge is 0.132 e. The fourth-order valence-corrected chi connectivity index (χ4v) is 2.85. The second-order valence-corrected chi connectivity index (χ2v) is 4.73. The lowest BCUT2D eigenvalue weighted by atomic mass is 10.3. The lowest BCUT2D eigenvalue weighted by molar-refractivity contribution is 0.404. The van der Waals surface area contributed by atoms with Crippen molar-refractivity contribution >= 4 is 11.8 Å². The van der Waals surface area contributed by atoms with E-state index in [1.165, 1.54) is 11.3 Å². The molecule has 76 valence electrons. The number of thioether (sulfide) groups is 1. The van der Waals surface area contributed by atoms with Gasteiger partial charge in [-0.1, -0.05) is 12.1 Å². The van der Waals surface area contributed by atoms with Crippen LogP contribution in [0.5, 0.6) is 5.75 Å². The minimum Gasteiger partial charge on any atom is -0.496 e. The van der Waals surface area contributed by atoms with Crippen LogP contribution in [-0.2, 0) is 0 Å². The Labute approximate surface area is 89.0 Å². The molecule has 0 spiro atoms. The van der Waals surface area contributed by atoms with Gasteiger partial charge in [0.15, 0.2) is 0 Å². The van der Waals surface area contributed by atoms with E-state index in [4.69, 9.17) is 4.74 Å². The number of ether oxygens (including phenoxy) is 1. The number of hydrogen-bond acceptors (Lipinski definition) is 3. The third-order valence-corrected chi connectivity index (χ3v) is 3.70. The summed E-state index contributed by atoms with van der Waals surface area (Å²) < 4.78 is 5.31. The molecule has 1 aliphatic heterocycles. The highest BCUT2D eigenvalue weighted by Gasteiger charge is 2.16. The third kappa shape index (κ3) is 2.22. The van der Waals surface area contributed by atoms with Gasteiger partial charge in [0, 0.05) is 16.7 Å². The molecule has 0 aromatic heterocycles. The number of para-hydroxylation sites is 1. The van der Waals surface area contributed by atoms with E-state index >= 15 is 0 Å². The number of benzene rings is 1. The van der Waals surface area contributed by atoms with E-state index in [1.54, 1.807) is 7.11 Å². The molecule has 1 fully saturated rings. The largest absolute Gasteiger partial charge is 0.496 e. The summed E-state index contributed by atoms with van der Waals surface area (Å²) in [6.07, 6.45) is 1.25. The number of rotatable bonds is 3. The Bertz CT molecular complexity index is 297. The molecule has 1 unspecified atom stereocenters. The average molecular weight is 209 g/mol. The van der Waals surface area contributed by atoms with Crippen molar-refractivity contribution in [3.63, 3.8) is 0 Å². The van der Waals surface area contributed by atoms with Crippen LogP contribution in [-0.4, -0.2) is 25.4 Å². The fourth-order valence-electron chi connectivity index (χ4n) is 1.62. The lowest BCUT2D eigenvalue weighted by Crippen LogP contribution is -2.10. The molecule has 0 radical (unpaired) electrons. The first-order valence-corrected chi connectivity index (χ1v) is 5.78. The Hall–Kier alpha value is -0.670. The van der Waals surface area contributed by atoms with Crippen molar-refractivity contribution in [1.29, 1.82) is 0 Å². The molecule has 1 N–H and O–H groups in total. The van der Waals surface area contributed by atoms with Crippen LogP contribution in [0.2, 0.25) is 0 Å². The Morgan fingerprint density at radius 1 is 1.43 bits per heavy atom. The van der Waals surface area contributed by atoms with Crippen LogP contribution in [0.25, 0.3) is 0 Å². The number of nitrogens with one attached hydrogen (secondary N) is 1. The van der Waals surface area contributed by atoms with Crippen molar-refractivity contribution in [1.82, 2.24) is 5.32 Å². The normalized spacial score (nSPS) is 21.1. The standard InChI is InChI=1S/C11H15NOS/c1-13-10-4-2-3-5-11(10)14-9-6-7-12-8-9/h2-5,9,12H,6-8H2,1H3. The molecule has 3 heteroatoms. The monoisotopic (exact) mass is 209 g/mol. The van der Waals surface area contributed by atoms with E-state index in [9.17, 15) is 0 Å². The molecule has 2 nitrogen and oxygen atoms in total. The molecule has 14 heavy (non-hydrogen) atoms. The lowest BCUT2D eigenvalue weighted by Gasteiger charge is -2.11. The summed E-state index contributed by atoms with van der Waals surface area (Å²) in [5.74, 6) is 0.990. The van der Waals surface area contributed by atoms with Crippen molar-refractivity contribution < 1.29 is 4.74 Å². The summed E-state index contributed by atoms with van der Waals surface area (Å²) in [5, 5.41) is 4.07. The maximum Gasteiger partial charge on any atom is 0.132 e. The topological polar surface area (TPSA) is 21.3 Å². The quantitative estimate of drug-likeness (QED) is 0.824. The maximum absolute atomic E-state index is 5.31. The summed E-state index contributed by atoms with van der Waals surface area (Å²) >= 11 is 1.91. The van der Waals surface area contributed by atoms with Crippen LogP contribution in [0.1, 0.15) is 6.42 Å². The van der Waals surface area contributed by atoms with Gasteiger partial charge in [0.2, 0.25) is 0 Å². The molecule has 1 saturated heterocycles. The zero-order valence-corrected chi connectivity index (χ0v) is 9.14. The number of methoxy groups -OCH3 is 1. The van der Waals surface area contributed by atoms with Crippen molar-refractivity contribution in [3.8, 4) is 5.75 Å². The molecule has 0 saturated carbocycles. The SMILES string of the molecule is COc1ccccc1SC1CCNC1. The summed E-state index contributed by atoms with van der Waals surface area (Å²) in [7, 11) is 1.73. The fraction of sp³-hybridized carbons (Fsp3) is 0.455. The van der Waals surface area contributed by atoms with Gasteiger partial charge in [0.1, 0.15) is 5.75 Å². The highest BCUT2D eigenvalue weighted by molar-refractivity contribution is 8.00. The van der Waals surface area contributed by atoms with E-state index in [2.05, 4.69) is 17.4 Å². The van der Waals surface area contributed by atoms with E-state index < -0.39 is 0 Å². The van der Waals surface area contributed by atoms with Gasteiger partial charge >= 0.3 is 0 Å². The first-order valence-electron chi connectivity index (χ1n) is 4.90. The predicted molar refractivity (Wildman–Crippen MR) is 60.1 cm³/mol. The molecule has 1 heterocycles. The molecule has 0 aliphatic carbocycles. The van der Waals surface area contributed by atoms with Gasteiger partial charge in [0.05, 0.1) is 7.11 Å². The van der Waals surface area contributed by atoms with Crippen LogP contribution in [0, 0.1) is 0 Å². The van der Waals surface area contributed by atoms with Crippen molar-refractivity contribution in [2.75, 3.05) is 20.2 Å². The van der Waals surface area contributed by atoms with Crippen LogP contribution >= 0.6 is 11.8 Å². The first-order chi connectivity index (χ1) is 6.90. The Balaban J connectivity index is 2.07. The van der Waals surface area contributed by atoms with Crippen molar-refractivity contribution in [3.05, 3.63) is 24.3 Å². The Morgan fingerprint density at radius 2 is 2.29 bits per heavy atom. The summed E-state index contributed by atoms with van der Waals surface area (Å²) in [6, 6.07) is 8.22. The Kier molecular flexibility index (Phi) is 3.32. The first kappa shape index (κ1) is 9.87. The highest BCUT2D eigenvalue weighted by Crippen LogP contribution is 2.33. The van der Waals surface area contributed by atoms with Gasteiger partial charge in [-0.15, -0.1) is 11.8 Å². The third-order valence-electron chi connectivity index (χ3n) is 2.38. The van der Waals surface area contributed by atoms with Gasteiger partial charge in [0.25, 0.3) is 0 Å². The summed E-state index contributed by atoms with van der Waals surface area (Å²) in [4.78, 5) is 1.25. The zero-order valence-electron chi connectivity index (χ0n) is 8.32. The van der Waals surface area contributed by atoms with Gasteiger partial charge in [-0.25, -0.2) is 0 Å². The second kappa shape index (κ2) is 4.71. The summed E-state index contributed by atoms with van der Waals surface area (Å²) in [5.41, 5.74) is 0. The van der Waals surface area contributed by atoms with Crippen LogP contribution in [0.15, 0.2) is 29.2 Å². The van der Waals surface area contributed by atoms with Crippen LogP contribution in [0.4, 0.5) is 0 Å². The molecule has 0 amide bonds. The molecular formula is C11H15NOS. The van der Waals surface area contributed by atoms with Gasteiger partial charge in [-0.05, 0) is 25.1 Å². The molecule has 1 aromatic rings. The maximum atomic E-state index is 5.31. The van der Waals surface area contributed by atoms with Crippen LogP contribution < -0.4 is 10.1 Å². The molecule has 1 atom stereocenters. The zero-order chi connectivity index (χ0) is 9.80. The van der Waals surface area contributed by atoms with Crippen LogP contribution in [0.3, 0.4) is 0 Å². The number of hydrogen-bond donors (Lipinski definition) is 1. The highest BCUT2D eigenvalue weighted by atomic mass is 32.2. The Morgan fingerprint density at radius 3 is 3.00 bits per heavy atom. The average Bonchev–Trinajstić information content (AvgIpc) is 2.71. The van der Waals surface area contributed by atoms with Gasteiger partial charge in [-0.2, -0.15) is 0 Å². The minimum atomic E-state index is 0.700. The van der Waals surface area contributed by atoms with Gasteiger partial charge in [-0.3, -0.25) is 0 Å². The minimum absolute atomic E-state index is 0.700. The predicted octanol–water partition coefficient (Wildman–Crippen LogP) is 2.15. The molecule has 1 aromatic carbocycles. The van der Waals surface area contributed by atoms with Crippen molar-refractivity contribution in [2.45, 2.75) is 16.6 Å². The summed E-state index contributed by atoms with van der Waals surface area (Å²) in [6.45, 7) is 2.26. The molecular weight excluding hydrogens is 194 g/mol. The second-order valence-electron chi connectivity index (χ2n) is 3.38. The molecule has 2 rings (SSSR count).